The molecular formula is C16H16BrN3O3. The number of nitrogens with zero attached hydrogens (tertiary/aromatic N) is 2. The van der Waals surface area contributed by atoms with Crippen molar-refractivity contribution in [3.63, 3.8) is 0 Å². The van der Waals surface area contributed by atoms with Gasteiger partial charge in [0.05, 0.1) is 11.9 Å². The van der Waals surface area contributed by atoms with Gasteiger partial charge in [-0.3, -0.25) is 9.48 Å². The number of fused-ring (bicyclic) bond motifs is 1. The molecule has 0 spiro atoms. The number of ether oxygens (including phenoxy) is 2. The Bertz CT molecular complexity index is 774. The predicted octanol–water partition coefficient (Wildman–Crippen LogP) is 2.70. The molecule has 2 aromatic rings. The lowest BCUT2D eigenvalue weighted by Gasteiger charge is -2.20. The van der Waals surface area contributed by atoms with Crippen LogP contribution in [0.5, 0.6) is 11.5 Å². The van der Waals surface area contributed by atoms with E-state index < -0.39 is 0 Å². The number of amides is 1. The van der Waals surface area contributed by atoms with Gasteiger partial charge < -0.3 is 14.8 Å². The van der Waals surface area contributed by atoms with Gasteiger partial charge in [0.15, 0.2) is 11.5 Å². The first-order valence-corrected chi connectivity index (χ1v) is 8.29. The van der Waals surface area contributed by atoms with E-state index in [9.17, 15) is 4.79 Å². The summed E-state index contributed by atoms with van der Waals surface area (Å²) in [6.07, 6.45) is 4.66. The second-order valence-corrected chi connectivity index (χ2v) is 6.72. The summed E-state index contributed by atoms with van der Waals surface area (Å²) in [6, 6.07) is 3.63. The van der Waals surface area contributed by atoms with E-state index in [0.717, 1.165) is 16.5 Å². The Morgan fingerprint density at radius 2 is 2.09 bits per heavy atom. The van der Waals surface area contributed by atoms with Crippen molar-refractivity contribution in [3.8, 4) is 11.5 Å². The molecule has 1 saturated carbocycles. The number of nitrogens with one attached hydrogen (secondary N) is 1. The summed E-state index contributed by atoms with van der Waals surface area (Å²) in [5, 5.41) is 7.15. The predicted molar refractivity (Wildman–Crippen MR) is 87.8 cm³/mol. The first-order chi connectivity index (χ1) is 11.1. The van der Waals surface area contributed by atoms with Gasteiger partial charge in [-0.25, -0.2) is 0 Å². The van der Waals surface area contributed by atoms with E-state index in [2.05, 4.69) is 26.3 Å². The third-order valence-electron chi connectivity index (χ3n) is 4.17. The molecule has 1 aliphatic carbocycles. The van der Waals surface area contributed by atoms with Crippen LogP contribution in [0.2, 0.25) is 0 Å². The van der Waals surface area contributed by atoms with E-state index in [0.29, 0.717) is 30.4 Å². The summed E-state index contributed by atoms with van der Waals surface area (Å²) in [5.41, 5.74) is 1.82. The van der Waals surface area contributed by atoms with Crippen molar-refractivity contribution >= 4 is 27.5 Å². The molecule has 2 heterocycles. The maximum Gasteiger partial charge on any atom is 0.228 e. The van der Waals surface area contributed by atoms with Gasteiger partial charge in [0, 0.05) is 35.8 Å². The van der Waals surface area contributed by atoms with Crippen LogP contribution in [0.15, 0.2) is 29.0 Å². The van der Waals surface area contributed by atoms with E-state index >= 15 is 0 Å². The molecule has 2 unspecified atom stereocenters. The number of carbonyl (C=O) groups excluding carboxylic acids is 1. The second-order valence-electron chi connectivity index (χ2n) is 5.86. The van der Waals surface area contributed by atoms with Gasteiger partial charge in [-0.2, -0.15) is 5.10 Å². The number of carbonyl (C=O) groups is 1. The number of anilines is 1. The molecule has 2 atom stereocenters. The van der Waals surface area contributed by atoms with Crippen molar-refractivity contribution in [3.05, 3.63) is 34.6 Å². The van der Waals surface area contributed by atoms with Gasteiger partial charge in [-0.05, 0) is 33.8 Å². The lowest BCUT2D eigenvalue weighted by atomic mass is 10.2. The van der Waals surface area contributed by atoms with Crippen LogP contribution in [-0.4, -0.2) is 28.9 Å². The molecular weight excluding hydrogens is 362 g/mol. The summed E-state index contributed by atoms with van der Waals surface area (Å²) in [6.45, 7) is 1.06. The van der Waals surface area contributed by atoms with Crippen LogP contribution in [0.25, 0.3) is 0 Å². The Kier molecular flexibility index (Phi) is 3.52. The lowest BCUT2D eigenvalue weighted by Crippen LogP contribution is -2.17. The minimum absolute atomic E-state index is 0.000647. The van der Waals surface area contributed by atoms with Crippen LogP contribution in [0.4, 0.5) is 5.69 Å². The maximum absolute atomic E-state index is 12.5. The molecule has 6 nitrogen and oxygen atoms in total. The van der Waals surface area contributed by atoms with Crippen molar-refractivity contribution in [2.75, 3.05) is 18.5 Å². The average Bonchev–Trinajstić information content (AvgIpc) is 3.23. The molecule has 120 valence electrons. The van der Waals surface area contributed by atoms with Gasteiger partial charge in [-0.1, -0.05) is 0 Å². The highest BCUT2D eigenvalue weighted by Crippen LogP contribution is 2.48. The zero-order valence-corrected chi connectivity index (χ0v) is 14.2. The van der Waals surface area contributed by atoms with Gasteiger partial charge in [-0.15, -0.1) is 0 Å². The fourth-order valence-corrected chi connectivity index (χ4v) is 3.29. The summed E-state index contributed by atoms with van der Waals surface area (Å²) in [4.78, 5) is 12.5. The van der Waals surface area contributed by atoms with Crippen molar-refractivity contribution in [1.29, 1.82) is 0 Å². The smallest absolute Gasteiger partial charge is 0.228 e. The van der Waals surface area contributed by atoms with E-state index in [1.165, 1.54) is 0 Å². The van der Waals surface area contributed by atoms with E-state index in [1.807, 2.05) is 25.5 Å². The summed E-state index contributed by atoms with van der Waals surface area (Å²) in [7, 11) is 1.88. The zero-order valence-electron chi connectivity index (χ0n) is 12.6. The minimum Gasteiger partial charge on any atom is -0.486 e. The fraction of sp³-hybridized carbons (Fsp3) is 0.375. The normalized spacial score (nSPS) is 21.8. The maximum atomic E-state index is 12.5. The molecule has 0 radical (unpaired) electrons. The number of aromatic nitrogens is 2. The topological polar surface area (TPSA) is 65.4 Å². The Balaban J connectivity index is 1.47. The molecule has 7 heteroatoms. The molecule has 1 aromatic carbocycles. The third kappa shape index (κ3) is 2.81. The number of benzene rings is 1. The quantitative estimate of drug-likeness (QED) is 0.892. The molecule has 23 heavy (non-hydrogen) atoms. The van der Waals surface area contributed by atoms with E-state index in [-0.39, 0.29) is 17.7 Å². The fourth-order valence-electron chi connectivity index (χ4n) is 2.87. The van der Waals surface area contributed by atoms with Crippen LogP contribution in [0, 0.1) is 5.92 Å². The van der Waals surface area contributed by atoms with Gasteiger partial charge >= 0.3 is 0 Å². The summed E-state index contributed by atoms with van der Waals surface area (Å²) >= 11 is 3.47. The average molecular weight is 378 g/mol. The number of rotatable bonds is 3. The van der Waals surface area contributed by atoms with Crippen LogP contribution in [0.3, 0.4) is 0 Å². The highest BCUT2D eigenvalue weighted by atomic mass is 79.9. The number of hydrogen-bond acceptors (Lipinski definition) is 4. The van der Waals surface area contributed by atoms with Crippen molar-refractivity contribution < 1.29 is 14.3 Å². The van der Waals surface area contributed by atoms with Crippen LogP contribution in [0.1, 0.15) is 17.9 Å². The first-order valence-electron chi connectivity index (χ1n) is 7.50. The molecule has 2 aliphatic rings. The Hall–Kier alpha value is -2.02. The van der Waals surface area contributed by atoms with Gasteiger partial charge in [0.25, 0.3) is 0 Å². The SMILES string of the molecule is Cn1cc(C2CC2C(=O)Nc2cc3c(cc2Br)OCCO3)cn1. The highest BCUT2D eigenvalue weighted by molar-refractivity contribution is 9.10. The number of aryl methyl sites for hydroxylation is 1. The van der Waals surface area contributed by atoms with E-state index in [4.69, 9.17) is 9.47 Å². The summed E-state index contributed by atoms with van der Waals surface area (Å²) < 4.78 is 13.6. The standard InChI is InChI=1S/C16H16BrN3O3/c1-20-8-9(7-18-20)10-4-11(10)16(21)19-13-6-15-14(5-12(13)17)22-2-3-23-15/h5-8,10-11H,2-4H2,1H3,(H,19,21). The molecule has 1 N–H and O–H groups in total. The van der Waals surface area contributed by atoms with Gasteiger partial charge in [0.2, 0.25) is 5.91 Å². The molecule has 0 bridgehead atoms. The number of halogens is 1. The summed E-state index contributed by atoms with van der Waals surface area (Å²) in [5.74, 6) is 1.64. The third-order valence-corrected chi connectivity index (χ3v) is 4.83. The minimum atomic E-state index is -0.000647. The van der Waals surface area contributed by atoms with Crippen LogP contribution >= 0.6 is 15.9 Å². The molecule has 1 aliphatic heterocycles. The van der Waals surface area contributed by atoms with Crippen LogP contribution in [-0.2, 0) is 11.8 Å². The van der Waals surface area contributed by atoms with Crippen molar-refractivity contribution in [2.24, 2.45) is 13.0 Å². The first kappa shape index (κ1) is 14.6. The van der Waals surface area contributed by atoms with Crippen molar-refractivity contribution in [1.82, 2.24) is 9.78 Å². The monoisotopic (exact) mass is 377 g/mol. The zero-order chi connectivity index (χ0) is 16.0. The Labute approximate surface area is 141 Å². The van der Waals surface area contributed by atoms with Crippen molar-refractivity contribution in [2.45, 2.75) is 12.3 Å². The molecule has 1 fully saturated rings. The lowest BCUT2D eigenvalue weighted by molar-refractivity contribution is -0.117. The number of hydrogen-bond donors (Lipinski definition) is 1. The van der Waals surface area contributed by atoms with Crippen LogP contribution < -0.4 is 14.8 Å². The molecule has 0 saturated heterocycles. The Morgan fingerprint density at radius 1 is 1.35 bits per heavy atom. The molecule has 1 amide bonds. The highest BCUT2D eigenvalue weighted by Gasteiger charge is 2.44. The molecule has 1 aromatic heterocycles. The van der Waals surface area contributed by atoms with E-state index in [1.54, 1.807) is 10.7 Å². The largest absolute Gasteiger partial charge is 0.486 e. The Morgan fingerprint density at radius 3 is 2.78 bits per heavy atom. The second kappa shape index (κ2) is 5.56. The molecule has 4 rings (SSSR count). The van der Waals surface area contributed by atoms with Gasteiger partial charge in [0.1, 0.15) is 13.2 Å².